The van der Waals surface area contributed by atoms with E-state index in [1.807, 2.05) is 7.05 Å². The highest BCUT2D eigenvalue weighted by molar-refractivity contribution is 7.99. The lowest BCUT2D eigenvalue weighted by molar-refractivity contribution is -0.148. The average Bonchev–Trinajstić information content (AvgIpc) is 2.98. The smallest absolute Gasteiger partial charge is 0.233 e. The molecule has 2 N–H and O–H groups in total. The molecule has 2 atom stereocenters. The molecule has 1 aromatic rings. The number of hydrogen-bond donors (Lipinski definition) is 1. The molecule has 2 aliphatic rings. The summed E-state index contributed by atoms with van der Waals surface area (Å²) in [5.74, 6) is 0.224. The van der Waals surface area contributed by atoms with E-state index in [1.54, 1.807) is 15.8 Å². The van der Waals surface area contributed by atoms with E-state index in [0.717, 1.165) is 6.42 Å². The van der Waals surface area contributed by atoms with Crippen LogP contribution in [0.4, 0.5) is 0 Å². The van der Waals surface area contributed by atoms with Crippen LogP contribution in [0.2, 0.25) is 0 Å². The Morgan fingerprint density at radius 3 is 2.73 bits per heavy atom. The maximum Gasteiger partial charge on any atom is 0.233 e. The summed E-state index contributed by atoms with van der Waals surface area (Å²) >= 11 is 1.36. The predicted octanol–water partition coefficient (Wildman–Crippen LogP) is 0.267. The SMILES string of the molecule is Cn1cnnc1SCC(=O)N1C[C@@H]2C(C)(C)C[C@]2(C(N)=O)C1. The second-order valence-electron chi connectivity index (χ2n) is 7.03. The molecule has 2 amide bonds. The summed E-state index contributed by atoms with van der Waals surface area (Å²) in [6.07, 6.45) is 2.37. The molecule has 2 heterocycles. The fourth-order valence-corrected chi connectivity index (χ4v) is 4.83. The summed E-state index contributed by atoms with van der Waals surface area (Å²) in [6, 6.07) is 0. The Morgan fingerprint density at radius 2 is 2.23 bits per heavy atom. The average molecular weight is 323 g/mol. The van der Waals surface area contributed by atoms with Gasteiger partial charge in [0.2, 0.25) is 11.8 Å². The van der Waals surface area contributed by atoms with Crippen molar-refractivity contribution in [3.63, 3.8) is 0 Å². The van der Waals surface area contributed by atoms with E-state index in [-0.39, 0.29) is 23.1 Å². The summed E-state index contributed by atoms with van der Waals surface area (Å²) in [4.78, 5) is 26.1. The van der Waals surface area contributed by atoms with Gasteiger partial charge in [0.05, 0.1) is 11.2 Å². The summed E-state index contributed by atoms with van der Waals surface area (Å²) in [6.45, 7) is 5.35. The van der Waals surface area contributed by atoms with Crippen molar-refractivity contribution in [2.45, 2.75) is 25.4 Å². The number of carbonyl (C=O) groups excluding carboxylic acids is 2. The maximum absolute atomic E-state index is 12.4. The number of rotatable bonds is 4. The third-order valence-electron chi connectivity index (χ3n) is 5.10. The molecule has 0 aromatic carbocycles. The molecule has 1 saturated heterocycles. The quantitative estimate of drug-likeness (QED) is 0.803. The first-order valence-corrected chi connectivity index (χ1v) is 8.29. The number of likely N-dealkylation sites (tertiary alicyclic amines) is 1. The fourth-order valence-electron chi connectivity index (χ4n) is 4.04. The van der Waals surface area contributed by atoms with Crippen molar-refractivity contribution < 1.29 is 9.59 Å². The molecule has 0 radical (unpaired) electrons. The van der Waals surface area contributed by atoms with Crippen LogP contribution < -0.4 is 5.73 Å². The molecule has 7 nitrogen and oxygen atoms in total. The highest BCUT2D eigenvalue weighted by atomic mass is 32.2. The molecule has 1 aliphatic heterocycles. The Bertz CT molecular complexity index is 629. The molecule has 0 unspecified atom stereocenters. The molecule has 120 valence electrons. The zero-order valence-corrected chi connectivity index (χ0v) is 13.9. The number of amides is 2. The normalized spacial score (nSPS) is 29.0. The van der Waals surface area contributed by atoms with Gasteiger partial charge in [-0.15, -0.1) is 10.2 Å². The summed E-state index contributed by atoms with van der Waals surface area (Å²) in [7, 11) is 1.84. The van der Waals surface area contributed by atoms with Gasteiger partial charge in [-0.05, 0) is 17.8 Å². The highest BCUT2D eigenvalue weighted by Gasteiger charge is 2.66. The van der Waals surface area contributed by atoms with Crippen LogP contribution in [0.1, 0.15) is 20.3 Å². The summed E-state index contributed by atoms with van der Waals surface area (Å²) in [5.41, 5.74) is 5.18. The molecule has 1 aromatic heterocycles. The van der Waals surface area contributed by atoms with Gasteiger partial charge in [-0.1, -0.05) is 25.6 Å². The minimum atomic E-state index is -0.519. The highest BCUT2D eigenvalue weighted by Crippen LogP contribution is 2.62. The Labute approximate surface area is 133 Å². The summed E-state index contributed by atoms with van der Waals surface area (Å²) in [5, 5.41) is 8.45. The van der Waals surface area contributed by atoms with Gasteiger partial charge < -0.3 is 15.2 Å². The van der Waals surface area contributed by atoms with Crippen LogP contribution in [-0.2, 0) is 16.6 Å². The van der Waals surface area contributed by atoms with Crippen molar-refractivity contribution in [3.8, 4) is 0 Å². The second kappa shape index (κ2) is 4.97. The zero-order valence-electron chi connectivity index (χ0n) is 13.1. The lowest BCUT2D eigenvalue weighted by Gasteiger charge is -2.54. The van der Waals surface area contributed by atoms with E-state index < -0.39 is 5.41 Å². The minimum absolute atomic E-state index is 0.0267. The lowest BCUT2D eigenvalue weighted by Crippen LogP contribution is -2.59. The number of aryl methyl sites for hydroxylation is 1. The van der Waals surface area contributed by atoms with Crippen LogP contribution in [0.5, 0.6) is 0 Å². The Balaban J connectivity index is 1.65. The number of carbonyl (C=O) groups is 2. The van der Waals surface area contributed by atoms with Crippen LogP contribution >= 0.6 is 11.8 Å². The largest absolute Gasteiger partial charge is 0.369 e. The molecule has 0 bridgehead atoms. The topological polar surface area (TPSA) is 94.1 Å². The molecule has 1 saturated carbocycles. The molecule has 22 heavy (non-hydrogen) atoms. The van der Waals surface area contributed by atoms with Gasteiger partial charge in [-0.2, -0.15) is 0 Å². The van der Waals surface area contributed by atoms with Crippen molar-refractivity contribution in [1.82, 2.24) is 19.7 Å². The molecule has 3 rings (SSSR count). The first kappa shape index (κ1) is 15.3. The minimum Gasteiger partial charge on any atom is -0.369 e. The van der Waals surface area contributed by atoms with Gasteiger partial charge in [-0.25, -0.2) is 0 Å². The number of primary amides is 1. The predicted molar refractivity (Wildman–Crippen MR) is 81.8 cm³/mol. The Morgan fingerprint density at radius 1 is 1.50 bits per heavy atom. The van der Waals surface area contributed by atoms with Crippen LogP contribution in [0.15, 0.2) is 11.5 Å². The number of aromatic nitrogens is 3. The van der Waals surface area contributed by atoms with Gasteiger partial charge in [0, 0.05) is 20.1 Å². The Hall–Kier alpha value is -1.57. The van der Waals surface area contributed by atoms with Crippen LogP contribution in [0.25, 0.3) is 0 Å². The zero-order chi connectivity index (χ0) is 16.1. The lowest BCUT2D eigenvalue weighted by atomic mass is 9.48. The number of nitrogens with two attached hydrogens (primary N) is 1. The van der Waals surface area contributed by atoms with E-state index in [2.05, 4.69) is 24.0 Å². The maximum atomic E-state index is 12.4. The van der Waals surface area contributed by atoms with E-state index >= 15 is 0 Å². The van der Waals surface area contributed by atoms with Gasteiger partial charge >= 0.3 is 0 Å². The number of thioether (sulfide) groups is 1. The Kier molecular flexibility index (Phi) is 3.47. The van der Waals surface area contributed by atoms with E-state index in [4.69, 9.17) is 5.73 Å². The molecule has 2 fully saturated rings. The van der Waals surface area contributed by atoms with Gasteiger partial charge in [0.15, 0.2) is 5.16 Å². The second-order valence-corrected chi connectivity index (χ2v) is 7.97. The van der Waals surface area contributed by atoms with Crippen molar-refractivity contribution in [3.05, 3.63) is 6.33 Å². The van der Waals surface area contributed by atoms with Crippen molar-refractivity contribution in [2.75, 3.05) is 18.8 Å². The standard InChI is InChI=1S/C14H21N5O2S/c1-13(2)6-14(11(15)21)7-19(4-9(13)14)10(20)5-22-12-17-16-8-18(12)3/h8-9H,4-7H2,1-3H3,(H2,15,21)/t9-,14+/m1/s1. The number of hydrogen-bond acceptors (Lipinski definition) is 5. The third-order valence-corrected chi connectivity index (χ3v) is 6.11. The van der Waals surface area contributed by atoms with Gasteiger partial charge in [0.1, 0.15) is 6.33 Å². The van der Waals surface area contributed by atoms with Crippen molar-refractivity contribution in [1.29, 1.82) is 0 Å². The molecule has 0 spiro atoms. The van der Waals surface area contributed by atoms with E-state index in [1.165, 1.54) is 11.8 Å². The number of fused-ring (bicyclic) bond motifs is 1. The van der Waals surface area contributed by atoms with Crippen molar-refractivity contribution in [2.24, 2.45) is 29.5 Å². The van der Waals surface area contributed by atoms with E-state index in [9.17, 15) is 9.59 Å². The molecular weight excluding hydrogens is 302 g/mol. The fraction of sp³-hybridized carbons (Fsp3) is 0.714. The summed E-state index contributed by atoms with van der Waals surface area (Å²) < 4.78 is 1.78. The number of nitrogens with zero attached hydrogens (tertiary/aromatic N) is 4. The van der Waals surface area contributed by atoms with Gasteiger partial charge in [-0.3, -0.25) is 9.59 Å². The van der Waals surface area contributed by atoms with Crippen molar-refractivity contribution >= 4 is 23.6 Å². The molecule has 8 heteroatoms. The molecule has 1 aliphatic carbocycles. The third kappa shape index (κ3) is 2.20. The van der Waals surface area contributed by atoms with E-state index in [0.29, 0.717) is 24.0 Å². The van der Waals surface area contributed by atoms with Crippen LogP contribution in [-0.4, -0.2) is 50.3 Å². The molecular formula is C14H21N5O2S. The van der Waals surface area contributed by atoms with Gasteiger partial charge in [0.25, 0.3) is 0 Å². The van der Waals surface area contributed by atoms with Crippen LogP contribution in [0, 0.1) is 16.7 Å². The first-order valence-electron chi connectivity index (χ1n) is 7.31. The van der Waals surface area contributed by atoms with Crippen LogP contribution in [0.3, 0.4) is 0 Å². The monoisotopic (exact) mass is 323 g/mol. The first-order chi connectivity index (χ1) is 10.3.